The van der Waals surface area contributed by atoms with E-state index in [2.05, 4.69) is 38.5 Å². The van der Waals surface area contributed by atoms with Crippen LogP contribution in [0.2, 0.25) is 0 Å². The largest absolute Gasteiger partial charge is 0.319 e. The fourth-order valence-corrected chi connectivity index (χ4v) is 1.76. The van der Waals surface area contributed by atoms with Crippen LogP contribution in [0.15, 0.2) is 0 Å². The molecule has 84 valence electrons. The summed E-state index contributed by atoms with van der Waals surface area (Å²) in [6, 6.07) is 0. The summed E-state index contributed by atoms with van der Waals surface area (Å²) in [5, 5.41) is 6.92. The molecule has 0 amide bonds. The molecule has 1 saturated carbocycles. The maximum Gasteiger partial charge on any atom is 0.00202 e. The van der Waals surface area contributed by atoms with Crippen LogP contribution in [-0.2, 0) is 0 Å². The van der Waals surface area contributed by atoms with Crippen LogP contribution in [0.5, 0.6) is 0 Å². The Labute approximate surface area is 88.8 Å². The fourth-order valence-electron chi connectivity index (χ4n) is 1.76. The Bertz CT molecular complexity index is 171. The Morgan fingerprint density at radius 1 is 1.21 bits per heavy atom. The highest BCUT2D eigenvalue weighted by molar-refractivity contribution is 4.96. The smallest absolute Gasteiger partial charge is 0.00202 e. The van der Waals surface area contributed by atoms with Gasteiger partial charge in [0.1, 0.15) is 0 Å². The van der Waals surface area contributed by atoms with E-state index in [1.54, 1.807) is 0 Å². The summed E-state index contributed by atoms with van der Waals surface area (Å²) in [4.78, 5) is 0. The zero-order chi connectivity index (χ0) is 10.7. The standard InChI is InChI=1S/C12H26N2/c1-5-11(2,3)8-14-10-12(6-7-12)9-13-4/h13-14H,5-10H2,1-4H3. The molecule has 14 heavy (non-hydrogen) atoms. The first-order valence-electron chi connectivity index (χ1n) is 5.89. The second-order valence-corrected chi connectivity index (χ2v) is 5.65. The van der Waals surface area contributed by atoms with Gasteiger partial charge in [0.05, 0.1) is 0 Å². The van der Waals surface area contributed by atoms with Crippen molar-refractivity contribution >= 4 is 0 Å². The Hall–Kier alpha value is -0.0800. The van der Waals surface area contributed by atoms with Gasteiger partial charge in [-0.05, 0) is 37.1 Å². The Kier molecular flexibility index (Phi) is 3.96. The molecular weight excluding hydrogens is 172 g/mol. The summed E-state index contributed by atoms with van der Waals surface area (Å²) in [6.07, 6.45) is 4.04. The van der Waals surface area contributed by atoms with Gasteiger partial charge in [-0.3, -0.25) is 0 Å². The van der Waals surface area contributed by atoms with E-state index in [0.717, 1.165) is 6.54 Å². The third-order valence-corrected chi connectivity index (χ3v) is 3.57. The van der Waals surface area contributed by atoms with Crippen LogP contribution in [0.1, 0.15) is 40.0 Å². The highest BCUT2D eigenvalue weighted by Gasteiger charge is 2.41. The van der Waals surface area contributed by atoms with Gasteiger partial charge in [-0.25, -0.2) is 0 Å². The van der Waals surface area contributed by atoms with Crippen molar-refractivity contribution in [1.29, 1.82) is 0 Å². The summed E-state index contributed by atoms with van der Waals surface area (Å²) in [5.74, 6) is 0. The van der Waals surface area contributed by atoms with E-state index >= 15 is 0 Å². The molecule has 0 atom stereocenters. The van der Waals surface area contributed by atoms with Gasteiger partial charge >= 0.3 is 0 Å². The molecule has 2 heteroatoms. The minimum absolute atomic E-state index is 0.454. The lowest BCUT2D eigenvalue weighted by molar-refractivity contribution is 0.309. The second kappa shape index (κ2) is 4.63. The summed E-state index contributed by atoms with van der Waals surface area (Å²) in [6.45, 7) is 10.4. The number of rotatable bonds is 7. The van der Waals surface area contributed by atoms with Crippen LogP contribution in [-0.4, -0.2) is 26.7 Å². The monoisotopic (exact) mass is 198 g/mol. The summed E-state index contributed by atoms with van der Waals surface area (Å²) >= 11 is 0. The maximum absolute atomic E-state index is 3.62. The topological polar surface area (TPSA) is 24.1 Å². The molecule has 1 fully saturated rings. The van der Waals surface area contributed by atoms with Crippen LogP contribution in [0.4, 0.5) is 0 Å². The number of nitrogens with one attached hydrogen (secondary N) is 2. The van der Waals surface area contributed by atoms with Gasteiger partial charge in [-0.15, -0.1) is 0 Å². The SMILES string of the molecule is CCC(C)(C)CNCC1(CNC)CC1. The molecule has 0 aromatic rings. The quantitative estimate of drug-likeness (QED) is 0.654. The molecule has 1 aliphatic carbocycles. The molecule has 0 unspecified atom stereocenters. The molecule has 0 bridgehead atoms. The van der Waals surface area contributed by atoms with Gasteiger partial charge in [-0.2, -0.15) is 0 Å². The van der Waals surface area contributed by atoms with Crippen LogP contribution in [0, 0.1) is 10.8 Å². The number of hydrogen-bond donors (Lipinski definition) is 2. The Morgan fingerprint density at radius 2 is 1.86 bits per heavy atom. The highest BCUT2D eigenvalue weighted by Crippen LogP contribution is 2.44. The molecular formula is C12H26N2. The third kappa shape index (κ3) is 3.58. The molecule has 2 nitrogen and oxygen atoms in total. The van der Waals surface area contributed by atoms with Crippen LogP contribution >= 0.6 is 0 Å². The third-order valence-electron chi connectivity index (χ3n) is 3.57. The normalized spacial score (nSPS) is 19.7. The van der Waals surface area contributed by atoms with E-state index in [-0.39, 0.29) is 0 Å². The van der Waals surface area contributed by atoms with Gasteiger partial charge in [0, 0.05) is 19.6 Å². The van der Waals surface area contributed by atoms with E-state index in [1.165, 1.54) is 32.4 Å². The molecule has 0 spiro atoms. The van der Waals surface area contributed by atoms with Gasteiger partial charge < -0.3 is 10.6 Å². The van der Waals surface area contributed by atoms with E-state index in [4.69, 9.17) is 0 Å². The van der Waals surface area contributed by atoms with E-state index < -0.39 is 0 Å². The summed E-state index contributed by atoms with van der Waals surface area (Å²) < 4.78 is 0. The van der Waals surface area contributed by atoms with Crippen molar-refractivity contribution in [2.24, 2.45) is 10.8 Å². The molecule has 0 heterocycles. The first-order valence-corrected chi connectivity index (χ1v) is 5.89. The van der Waals surface area contributed by atoms with E-state index in [0.29, 0.717) is 10.8 Å². The Balaban J connectivity index is 2.15. The predicted molar refractivity (Wildman–Crippen MR) is 62.5 cm³/mol. The molecule has 0 aliphatic heterocycles. The van der Waals surface area contributed by atoms with Gasteiger partial charge in [0.25, 0.3) is 0 Å². The average Bonchev–Trinajstić information content (AvgIpc) is 2.86. The van der Waals surface area contributed by atoms with Gasteiger partial charge in [0.2, 0.25) is 0 Å². The zero-order valence-corrected chi connectivity index (χ0v) is 10.2. The molecule has 0 saturated heterocycles. The van der Waals surface area contributed by atoms with E-state index in [9.17, 15) is 0 Å². The first-order chi connectivity index (χ1) is 6.54. The minimum atomic E-state index is 0.454. The summed E-state index contributed by atoms with van der Waals surface area (Å²) in [7, 11) is 2.05. The van der Waals surface area contributed by atoms with E-state index in [1.807, 2.05) is 0 Å². The van der Waals surface area contributed by atoms with Crippen molar-refractivity contribution in [1.82, 2.24) is 10.6 Å². The fraction of sp³-hybridized carbons (Fsp3) is 1.00. The van der Waals surface area contributed by atoms with Gasteiger partial charge in [-0.1, -0.05) is 20.8 Å². The van der Waals surface area contributed by atoms with Crippen molar-refractivity contribution in [2.45, 2.75) is 40.0 Å². The minimum Gasteiger partial charge on any atom is -0.319 e. The second-order valence-electron chi connectivity index (χ2n) is 5.65. The molecule has 0 radical (unpaired) electrons. The summed E-state index contributed by atoms with van der Waals surface area (Å²) in [5.41, 5.74) is 1.05. The molecule has 1 aliphatic rings. The first kappa shape index (κ1) is 12.0. The van der Waals surface area contributed by atoms with Crippen LogP contribution < -0.4 is 10.6 Å². The molecule has 0 aromatic carbocycles. The zero-order valence-electron chi connectivity index (χ0n) is 10.2. The number of hydrogen-bond acceptors (Lipinski definition) is 2. The lowest BCUT2D eigenvalue weighted by atomic mass is 9.90. The lowest BCUT2D eigenvalue weighted by Crippen LogP contribution is -2.36. The predicted octanol–water partition coefficient (Wildman–Crippen LogP) is 2.01. The lowest BCUT2D eigenvalue weighted by Gasteiger charge is -2.25. The van der Waals surface area contributed by atoms with Crippen molar-refractivity contribution in [3.63, 3.8) is 0 Å². The van der Waals surface area contributed by atoms with Crippen LogP contribution in [0.3, 0.4) is 0 Å². The van der Waals surface area contributed by atoms with Crippen molar-refractivity contribution in [3.05, 3.63) is 0 Å². The highest BCUT2D eigenvalue weighted by atomic mass is 14.9. The van der Waals surface area contributed by atoms with Crippen LogP contribution in [0.25, 0.3) is 0 Å². The Morgan fingerprint density at radius 3 is 2.29 bits per heavy atom. The molecule has 0 aromatic heterocycles. The van der Waals surface area contributed by atoms with Crippen molar-refractivity contribution < 1.29 is 0 Å². The van der Waals surface area contributed by atoms with Crippen molar-refractivity contribution in [3.8, 4) is 0 Å². The molecule has 1 rings (SSSR count). The van der Waals surface area contributed by atoms with Gasteiger partial charge in [0.15, 0.2) is 0 Å². The molecule has 2 N–H and O–H groups in total. The van der Waals surface area contributed by atoms with Crippen molar-refractivity contribution in [2.75, 3.05) is 26.7 Å². The maximum atomic E-state index is 3.62. The average molecular weight is 198 g/mol.